The summed E-state index contributed by atoms with van der Waals surface area (Å²) in [5.74, 6) is 0.618. The first kappa shape index (κ1) is 24.8. The molecule has 180 valence electrons. The Morgan fingerprint density at radius 2 is 1.66 bits per heavy atom. The number of methoxy groups -OCH3 is 1. The predicted octanol–water partition coefficient (Wildman–Crippen LogP) is -1.63. The molecule has 0 aromatic heterocycles. The molecule has 1 aromatic rings. The lowest BCUT2D eigenvalue weighted by Gasteiger charge is -2.41. The summed E-state index contributed by atoms with van der Waals surface area (Å²) in [6.45, 7) is 1.25. The number of aliphatic hydroxyl groups excluding tert-OH is 6. The van der Waals surface area contributed by atoms with Gasteiger partial charge in [0, 0.05) is 0 Å². The number of rotatable bonds is 7. The number of hydrogen-bond acceptors (Lipinski definition) is 11. The van der Waals surface area contributed by atoms with Gasteiger partial charge in [0.25, 0.3) is 0 Å². The molecule has 2 aliphatic rings. The highest BCUT2D eigenvalue weighted by molar-refractivity contribution is 5.55. The van der Waals surface area contributed by atoms with E-state index in [9.17, 15) is 30.6 Å². The summed E-state index contributed by atoms with van der Waals surface area (Å²) in [5.41, 5.74) is 0.863. The smallest absolute Gasteiger partial charge is 0.229 e. The molecule has 0 aliphatic carbocycles. The maximum absolute atomic E-state index is 10.3. The Balaban J connectivity index is 1.68. The van der Waals surface area contributed by atoms with Crippen LogP contribution in [-0.2, 0) is 14.2 Å². The van der Waals surface area contributed by atoms with Gasteiger partial charge in [0.2, 0.25) is 6.29 Å². The minimum atomic E-state index is -1.61. The number of aliphatic hydroxyl groups is 6. The van der Waals surface area contributed by atoms with Crippen molar-refractivity contribution in [2.75, 3.05) is 20.3 Å². The zero-order chi connectivity index (χ0) is 23.4. The summed E-state index contributed by atoms with van der Waals surface area (Å²) < 4.78 is 27.2. The third kappa shape index (κ3) is 5.39. The van der Waals surface area contributed by atoms with E-state index >= 15 is 0 Å². The van der Waals surface area contributed by atoms with Gasteiger partial charge in [0.15, 0.2) is 17.8 Å². The van der Waals surface area contributed by atoms with Crippen molar-refractivity contribution in [1.82, 2.24) is 0 Å². The SMILES string of the molecule is C/C=C/c1ccc(O[C@@H]2O[C@H](CO[C@@H]3OC[C@@H](O)[C@H](O)[C@H]3O)[C@@H](O)[C@H](O)[C@H]2O)c(OC)c1. The largest absolute Gasteiger partial charge is 0.493 e. The second-order valence-corrected chi connectivity index (χ2v) is 7.63. The Hall–Kier alpha value is -1.80. The van der Waals surface area contributed by atoms with Gasteiger partial charge in [-0.15, -0.1) is 0 Å². The van der Waals surface area contributed by atoms with Gasteiger partial charge in [-0.2, -0.15) is 0 Å². The molecule has 3 rings (SSSR count). The molecule has 0 amide bonds. The maximum Gasteiger partial charge on any atom is 0.229 e. The Morgan fingerprint density at radius 1 is 0.938 bits per heavy atom. The predicted molar refractivity (Wildman–Crippen MR) is 109 cm³/mol. The summed E-state index contributed by atoms with van der Waals surface area (Å²) in [6, 6.07) is 5.10. The van der Waals surface area contributed by atoms with Gasteiger partial charge in [-0.05, 0) is 24.6 Å². The molecule has 2 fully saturated rings. The van der Waals surface area contributed by atoms with Gasteiger partial charge in [0.1, 0.15) is 42.7 Å². The fraction of sp³-hybridized carbons (Fsp3) is 0.619. The van der Waals surface area contributed by atoms with E-state index in [2.05, 4.69) is 0 Å². The van der Waals surface area contributed by atoms with Crippen LogP contribution < -0.4 is 9.47 Å². The molecule has 9 atom stereocenters. The summed E-state index contributed by atoms with van der Waals surface area (Å²) in [5, 5.41) is 60.1. The van der Waals surface area contributed by atoms with Crippen molar-refractivity contribution in [2.24, 2.45) is 0 Å². The molecule has 0 spiro atoms. The van der Waals surface area contributed by atoms with Crippen LogP contribution in [0.5, 0.6) is 11.5 Å². The third-order valence-corrected chi connectivity index (χ3v) is 5.34. The normalized spacial score (nSPS) is 38.1. The molecule has 11 heteroatoms. The van der Waals surface area contributed by atoms with Crippen LogP contribution in [0.1, 0.15) is 12.5 Å². The second kappa shape index (κ2) is 10.9. The molecule has 0 unspecified atom stereocenters. The topological polar surface area (TPSA) is 168 Å². The molecule has 6 N–H and O–H groups in total. The minimum Gasteiger partial charge on any atom is -0.493 e. The van der Waals surface area contributed by atoms with Crippen molar-refractivity contribution < 1.29 is 54.3 Å². The average molecular weight is 458 g/mol. The first-order chi connectivity index (χ1) is 15.3. The molecule has 11 nitrogen and oxygen atoms in total. The lowest BCUT2D eigenvalue weighted by Crippen LogP contribution is -2.61. The Morgan fingerprint density at radius 3 is 2.34 bits per heavy atom. The van der Waals surface area contributed by atoms with Gasteiger partial charge in [0.05, 0.1) is 20.3 Å². The minimum absolute atomic E-state index is 0.246. The van der Waals surface area contributed by atoms with E-state index in [0.717, 1.165) is 5.56 Å². The fourth-order valence-corrected chi connectivity index (χ4v) is 3.47. The van der Waals surface area contributed by atoms with Crippen LogP contribution in [0.15, 0.2) is 24.3 Å². The van der Waals surface area contributed by atoms with Crippen LogP contribution in [0.3, 0.4) is 0 Å². The van der Waals surface area contributed by atoms with E-state index in [1.807, 2.05) is 19.1 Å². The summed E-state index contributed by atoms with van der Waals surface area (Å²) in [4.78, 5) is 0. The van der Waals surface area contributed by atoms with Crippen LogP contribution >= 0.6 is 0 Å². The summed E-state index contributed by atoms with van der Waals surface area (Å²) in [6.07, 6.45) is -9.05. The van der Waals surface area contributed by atoms with Crippen LogP contribution in [-0.4, -0.2) is 106 Å². The average Bonchev–Trinajstić information content (AvgIpc) is 2.79. The quantitative estimate of drug-likeness (QED) is 0.278. The molecule has 1 aromatic carbocycles. The van der Waals surface area contributed by atoms with Gasteiger partial charge < -0.3 is 54.3 Å². The van der Waals surface area contributed by atoms with E-state index in [-0.39, 0.29) is 19.0 Å². The first-order valence-electron chi connectivity index (χ1n) is 10.2. The lowest BCUT2D eigenvalue weighted by molar-refractivity contribution is -0.307. The highest BCUT2D eigenvalue weighted by Gasteiger charge is 2.46. The molecule has 2 aliphatic heterocycles. The molecule has 0 radical (unpaired) electrons. The number of benzene rings is 1. The van der Waals surface area contributed by atoms with E-state index in [1.54, 1.807) is 18.2 Å². The Bertz CT molecular complexity index is 772. The van der Waals surface area contributed by atoms with Gasteiger partial charge in [-0.3, -0.25) is 0 Å². The molecule has 0 bridgehead atoms. The lowest BCUT2D eigenvalue weighted by atomic mass is 9.99. The van der Waals surface area contributed by atoms with Gasteiger partial charge >= 0.3 is 0 Å². The highest BCUT2D eigenvalue weighted by Crippen LogP contribution is 2.32. The second-order valence-electron chi connectivity index (χ2n) is 7.63. The van der Waals surface area contributed by atoms with Crippen LogP contribution in [0.4, 0.5) is 0 Å². The highest BCUT2D eigenvalue weighted by atomic mass is 16.7. The van der Waals surface area contributed by atoms with E-state index in [1.165, 1.54) is 7.11 Å². The van der Waals surface area contributed by atoms with Crippen molar-refractivity contribution in [3.8, 4) is 11.5 Å². The van der Waals surface area contributed by atoms with Crippen molar-refractivity contribution in [3.63, 3.8) is 0 Å². The monoisotopic (exact) mass is 458 g/mol. The zero-order valence-electron chi connectivity index (χ0n) is 17.7. The standard InChI is InChI=1S/C21H30O11/c1-3-4-10-5-6-12(13(7-10)28-2)31-21-19(27)17(25)16(24)14(32-21)9-30-20-18(26)15(23)11(22)8-29-20/h3-7,11,14-27H,8-9H2,1-2H3/b4-3+/t11-,14-,15+,16-,17+,18-,19-,20+,21-/m1/s1. The molecular weight excluding hydrogens is 428 g/mol. The first-order valence-corrected chi connectivity index (χ1v) is 10.2. The van der Waals surface area contributed by atoms with Crippen molar-refractivity contribution >= 4 is 6.08 Å². The summed E-state index contributed by atoms with van der Waals surface area (Å²) in [7, 11) is 1.45. The van der Waals surface area contributed by atoms with Crippen molar-refractivity contribution in [2.45, 2.75) is 62.2 Å². The van der Waals surface area contributed by atoms with Gasteiger partial charge in [-0.1, -0.05) is 18.2 Å². The number of allylic oxidation sites excluding steroid dienone is 1. The molecule has 2 heterocycles. The molecule has 32 heavy (non-hydrogen) atoms. The van der Waals surface area contributed by atoms with Crippen LogP contribution in [0.2, 0.25) is 0 Å². The Kier molecular flexibility index (Phi) is 8.44. The van der Waals surface area contributed by atoms with Crippen LogP contribution in [0.25, 0.3) is 6.08 Å². The fourth-order valence-electron chi connectivity index (χ4n) is 3.47. The Labute approximate surface area is 185 Å². The molecule has 0 saturated carbocycles. The maximum atomic E-state index is 10.3. The van der Waals surface area contributed by atoms with E-state index in [4.69, 9.17) is 23.7 Å². The van der Waals surface area contributed by atoms with E-state index in [0.29, 0.717) is 5.75 Å². The molecule has 2 saturated heterocycles. The van der Waals surface area contributed by atoms with Crippen LogP contribution in [0, 0.1) is 0 Å². The van der Waals surface area contributed by atoms with Gasteiger partial charge in [-0.25, -0.2) is 0 Å². The van der Waals surface area contributed by atoms with E-state index < -0.39 is 55.3 Å². The zero-order valence-corrected chi connectivity index (χ0v) is 17.7. The van der Waals surface area contributed by atoms with Crippen molar-refractivity contribution in [3.05, 3.63) is 29.8 Å². The number of hydrogen-bond donors (Lipinski definition) is 6. The summed E-state index contributed by atoms with van der Waals surface area (Å²) >= 11 is 0. The number of ether oxygens (including phenoxy) is 5. The third-order valence-electron chi connectivity index (χ3n) is 5.34. The van der Waals surface area contributed by atoms with Crippen molar-refractivity contribution in [1.29, 1.82) is 0 Å². The molecular formula is C21H30O11.